The van der Waals surface area contributed by atoms with Crippen LogP contribution in [0, 0.1) is 18.8 Å². The Kier molecular flexibility index (Phi) is 7.28. The number of amides is 2. The van der Waals surface area contributed by atoms with Crippen molar-refractivity contribution in [3.8, 4) is 0 Å². The second kappa shape index (κ2) is 9.89. The van der Waals surface area contributed by atoms with E-state index in [1.54, 1.807) is 0 Å². The maximum Gasteiger partial charge on any atom is 0.227 e. The highest BCUT2D eigenvalue weighted by atomic mass is 16.2. The number of aryl methyl sites for hydroxylation is 1. The van der Waals surface area contributed by atoms with Gasteiger partial charge in [-0.05, 0) is 46.5 Å². The van der Waals surface area contributed by atoms with Gasteiger partial charge in [0.1, 0.15) is 5.82 Å². The van der Waals surface area contributed by atoms with Crippen molar-refractivity contribution in [2.24, 2.45) is 11.8 Å². The average Bonchev–Trinajstić information content (AvgIpc) is 2.75. The van der Waals surface area contributed by atoms with Gasteiger partial charge in [0.2, 0.25) is 17.8 Å². The number of anilines is 2. The van der Waals surface area contributed by atoms with Gasteiger partial charge in [-0.3, -0.25) is 9.59 Å². The molecule has 1 aromatic heterocycles. The number of nitrogens with one attached hydrogen (secondary N) is 2. The van der Waals surface area contributed by atoms with Gasteiger partial charge in [0, 0.05) is 62.9 Å². The monoisotopic (exact) mass is 402 g/mol. The second-order valence-electron chi connectivity index (χ2n) is 7.99. The Morgan fingerprint density at radius 3 is 1.90 bits per heavy atom. The molecule has 0 aliphatic carbocycles. The van der Waals surface area contributed by atoms with E-state index in [0.717, 1.165) is 69.2 Å². The van der Waals surface area contributed by atoms with Crippen molar-refractivity contribution in [1.82, 2.24) is 20.6 Å². The van der Waals surface area contributed by atoms with E-state index < -0.39 is 0 Å². The predicted octanol–water partition coefficient (Wildman–Crippen LogP) is 1.49. The van der Waals surface area contributed by atoms with E-state index in [2.05, 4.69) is 25.4 Å². The number of rotatable bonds is 6. The first kappa shape index (κ1) is 21.3. The lowest BCUT2D eigenvalue weighted by atomic mass is 9.95. The molecule has 0 bridgehead atoms. The normalized spacial score (nSPS) is 18.6. The molecule has 3 heterocycles. The summed E-state index contributed by atoms with van der Waals surface area (Å²) < 4.78 is 0. The fourth-order valence-corrected chi connectivity index (χ4v) is 4.23. The van der Waals surface area contributed by atoms with E-state index in [4.69, 9.17) is 4.98 Å². The Hall–Kier alpha value is -2.38. The number of aromatic nitrogens is 2. The zero-order valence-corrected chi connectivity index (χ0v) is 17.9. The Bertz CT molecular complexity index is 709. The molecule has 0 radical (unpaired) electrons. The molecule has 2 saturated heterocycles. The van der Waals surface area contributed by atoms with Crippen molar-refractivity contribution >= 4 is 23.6 Å². The third kappa shape index (κ3) is 5.16. The van der Waals surface area contributed by atoms with E-state index >= 15 is 0 Å². The number of carbonyl (C=O) groups excluding carboxylic acids is 2. The van der Waals surface area contributed by atoms with Gasteiger partial charge in [0.15, 0.2) is 0 Å². The van der Waals surface area contributed by atoms with Crippen LogP contribution in [0.25, 0.3) is 0 Å². The zero-order valence-electron chi connectivity index (χ0n) is 17.9. The molecule has 3 rings (SSSR count). The SMILES string of the molecule is CCNC(=O)C1CCN(c2ncc(C)c(N3CCC(C(=O)NCC)CC3)n2)CC1. The van der Waals surface area contributed by atoms with Gasteiger partial charge in [-0.1, -0.05) is 0 Å². The van der Waals surface area contributed by atoms with Crippen molar-refractivity contribution in [1.29, 1.82) is 0 Å². The quantitative estimate of drug-likeness (QED) is 0.749. The van der Waals surface area contributed by atoms with Gasteiger partial charge in [-0.25, -0.2) is 4.98 Å². The van der Waals surface area contributed by atoms with Crippen molar-refractivity contribution in [2.45, 2.75) is 46.5 Å². The minimum absolute atomic E-state index is 0.0874. The van der Waals surface area contributed by atoms with Crippen LogP contribution in [0.4, 0.5) is 11.8 Å². The topological polar surface area (TPSA) is 90.5 Å². The lowest BCUT2D eigenvalue weighted by molar-refractivity contribution is -0.126. The molecule has 160 valence electrons. The third-order valence-electron chi connectivity index (χ3n) is 5.95. The third-order valence-corrected chi connectivity index (χ3v) is 5.95. The molecule has 2 aliphatic heterocycles. The van der Waals surface area contributed by atoms with Gasteiger partial charge in [-0.2, -0.15) is 4.98 Å². The summed E-state index contributed by atoms with van der Waals surface area (Å²) in [4.78, 5) is 38.0. The lowest BCUT2D eigenvalue weighted by Crippen LogP contribution is -2.42. The summed E-state index contributed by atoms with van der Waals surface area (Å²) >= 11 is 0. The molecule has 0 spiro atoms. The first-order valence-electron chi connectivity index (χ1n) is 10.9. The van der Waals surface area contributed by atoms with Crippen LogP contribution in [0.3, 0.4) is 0 Å². The summed E-state index contributed by atoms with van der Waals surface area (Å²) in [5.41, 5.74) is 1.06. The van der Waals surface area contributed by atoms with Gasteiger partial charge in [0.05, 0.1) is 0 Å². The Labute approximate surface area is 173 Å². The van der Waals surface area contributed by atoms with Crippen molar-refractivity contribution in [3.63, 3.8) is 0 Å². The molecule has 0 unspecified atom stereocenters. The fourth-order valence-electron chi connectivity index (χ4n) is 4.23. The molecule has 0 aromatic carbocycles. The molecule has 8 heteroatoms. The summed E-state index contributed by atoms with van der Waals surface area (Å²) in [6, 6.07) is 0. The highest BCUT2D eigenvalue weighted by Gasteiger charge is 2.28. The fraction of sp³-hybridized carbons (Fsp3) is 0.714. The Morgan fingerprint density at radius 1 is 0.931 bits per heavy atom. The van der Waals surface area contributed by atoms with Crippen LogP contribution < -0.4 is 20.4 Å². The first-order valence-corrected chi connectivity index (χ1v) is 10.9. The highest BCUT2D eigenvalue weighted by molar-refractivity contribution is 5.79. The van der Waals surface area contributed by atoms with Crippen LogP contribution in [-0.4, -0.2) is 61.1 Å². The molecule has 0 atom stereocenters. The number of piperidine rings is 2. The zero-order chi connectivity index (χ0) is 20.8. The Morgan fingerprint density at radius 2 is 1.41 bits per heavy atom. The molecule has 1 aromatic rings. The standard InChI is InChI=1S/C21H34N6O2/c1-4-22-19(28)16-6-10-26(11-7-16)18-15(3)14-24-21(25-18)27-12-8-17(9-13-27)20(29)23-5-2/h14,16-17H,4-13H2,1-3H3,(H,22,28)(H,23,29). The van der Waals surface area contributed by atoms with E-state index in [1.807, 2.05) is 27.0 Å². The lowest BCUT2D eigenvalue weighted by Gasteiger charge is -2.34. The van der Waals surface area contributed by atoms with E-state index in [9.17, 15) is 9.59 Å². The van der Waals surface area contributed by atoms with Crippen molar-refractivity contribution < 1.29 is 9.59 Å². The molecular formula is C21H34N6O2. The van der Waals surface area contributed by atoms with Crippen LogP contribution in [0.15, 0.2) is 6.20 Å². The molecule has 8 nitrogen and oxygen atoms in total. The largest absolute Gasteiger partial charge is 0.356 e. The van der Waals surface area contributed by atoms with Gasteiger partial charge < -0.3 is 20.4 Å². The van der Waals surface area contributed by atoms with Gasteiger partial charge in [0.25, 0.3) is 0 Å². The van der Waals surface area contributed by atoms with Crippen LogP contribution in [0.2, 0.25) is 0 Å². The Balaban J connectivity index is 1.61. The van der Waals surface area contributed by atoms with Crippen molar-refractivity contribution in [3.05, 3.63) is 11.8 Å². The minimum atomic E-state index is 0.0874. The molecular weight excluding hydrogens is 368 g/mol. The van der Waals surface area contributed by atoms with Gasteiger partial charge >= 0.3 is 0 Å². The number of hydrogen-bond acceptors (Lipinski definition) is 6. The van der Waals surface area contributed by atoms with Crippen molar-refractivity contribution in [2.75, 3.05) is 49.1 Å². The van der Waals surface area contributed by atoms with Crippen LogP contribution in [-0.2, 0) is 9.59 Å². The summed E-state index contributed by atoms with van der Waals surface area (Å²) in [5, 5.41) is 5.86. The molecule has 0 saturated carbocycles. The summed E-state index contributed by atoms with van der Waals surface area (Å²) in [6.07, 6.45) is 5.25. The van der Waals surface area contributed by atoms with E-state index in [0.29, 0.717) is 13.1 Å². The summed E-state index contributed by atoms with van der Waals surface area (Å²) in [7, 11) is 0. The first-order chi connectivity index (χ1) is 14.0. The van der Waals surface area contributed by atoms with Crippen LogP contribution in [0.5, 0.6) is 0 Å². The maximum atomic E-state index is 12.1. The number of nitrogens with zero attached hydrogens (tertiary/aromatic N) is 4. The maximum absolute atomic E-state index is 12.1. The molecule has 2 N–H and O–H groups in total. The molecule has 2 fully saturated rings. The average molecular weight is 403 g/mol. The summed E-state index contributed by atoms with van der Waals surface area (Å²) in [5.74, 6) is 2.22. The molecule has 2 amide bonds. The highest BCUT2D eigenvalue weighted by Crippen LogP contribution is 2.27. The van der Waals surface area contributed by atoms with Crippen LogP contribution >= 0.6 is 0 Å². The van der Waals surface area contributed by atoms with Gasteiger partial charge in [-0.15, -0.1) is 0 Å². The predicted molar refractivity (Wildman–Crippen MR) is 114 cm³/mol. The molecule has 29 heavy (non-hydrogen) atoms. The second-order valence-corrected chi connectivity index (χ2v) is 7.99. The number of hydrogen-bond donors (Lipinski definition) is 2. The smallest absolute Gasteiger partial charge is 0.227 e. The number of carbonyl (C=O) groups is 2. The minimum Gasteiger partial charge on any atom is -0.356 e. The van der Waals surface area contributed by atoms with E-state index in [-0.39, 0.29) is 23.7 Å². The van der Waals surface area contributed by atoms with Crippen LogP contribution in [0.1, 0.15) is 45.1 Å². The van der Waals surface area contributed by atoms with E-state index in [1.165, 1.54) is 0 Å². The molecule has 2 aliphatic rings. The summed E-state index contributed by atoms with van der Waals surface area (Å²) in [6.45, 7) is 10.6.